The van der Waals surface area contributed by atoms with Gasteiger partial charge in [0, 0.05) is 12.6 Å². The summed E-state index contributed by atoms with van der Waals surface area (Å²) in [4.78, 5) is 0. The minimum atomic E-state index is 0.110. The number of hydrogen-bond donors (Lipinski definition) is 1. The smallest absolute Gasteiger partial charge is 0.0807 e. The Morgan fingerprint density at radius 2 is 2.06 bits per heavy atom. The first-order valence-corrected chi connectivity index (χ1v) is 7.12. The van der Waals surface area contributed by atoms with E-state index >= 15 is 0 Å². The molecule has 0 radical (unpaired) electrons. The van der Waals surface area contributed by atoms with Gasteiger partial charge in [-0.2, -0.15) is 0 Å². The average Bonchev–Trinajstić information content (AvgIpc) is 2.89. The third-order valence-electron chi connectivity index (χ3n) is 4.48. The highest BCUT2D eigenvalue weighted by molar-refractivity contribution is 4.94. The predicted octanol–water partition coefficient (Wildman–Crippen LogP) is 3.11. The lowest BCUT2D eigenvalue weighted by atomic mass is 9.85. The zero-order valence-electron chi connectivity index (χ0n) is 10.9. The van der Waals surface area contributed by atoms with Gasteiger partial charge in [-0.1, -0.05) is 32.6 Å². The molecule has 2 unspecified atom stereocenters. The Hall–Kier alpha value is -0.0800. The molecule has 1 aliphatic heterocycles. The second kappa shape index (κ2) is 5.50. The summed E-state index contributed by atoms with van der Waals surface area (Å²) in [5.74, 6) is 0.949. The molecule has 0 aromatic heterocycles. The van der Waals surface area contributed by atoms with Crippen LogP contribution in [0.4, 0.5) is 0 Å². The Morgan fingerprint density at radius 3 is 2.62 bits per heavy atom. The van der Waals surface area contributed by atoms with Gasteiger partial charge in [-0.25, -0.2) is 0 Å². The molecular weight excluding hydrogens is 198 g/mol. The van der Waals surface area contributed by atoms with E-state index in [1.54, 1.807) is 0 Å². The lowest BCUT2D eigenvalue weighted by molar-refractivity contribution is -0.0175. The highest BCUT2D eigenvalue weighted by atomic mass is 16.5. The van der Waals surface area contributed by atoms with E-state index in [9.17, 15) is 0 Å². The van der Waals surface area contributed by atoms with Crippen LogP contribution in [0.5, 0.6) is 0 Å². The van der Waals surface area contributed by atoms with E-state index in [1.165, 1.54) is 44.9 Å². The van der Waals surface area contributed by atoms with Crippen molar-refractivity contribution in [2.45, 2.75) is 70.4 Å². The number of nitrogens with one attached hydrogen (secondary N) is 1. The summed E-state index contributed by atoms with van der Waals surface area (Å²) in [5, 5.41) is 3.67. The van der Waals surface area contributed by atoms with E-state index in [-0.39, 0.29) is 5.60 Å². The normalized spacial score (nSPS) is 33.4. The summed E-state index contributed by atoms with van der Waals surface area (Å²) in [6, 6.07) is 0.572. The van der Waals surface area contributed by atoms with E-state index in [0.29, 0.717) is 6.04 Å². The summed E-state index contributed by atoms with van der Waals surface area (Å²) in [6.45, 7) is 6.54. The molecule has 16 heavy (non-hydrogen) atoms. The van der Waals surface area contributed by atoms with Crippen LogP contribution in [0.3, 0.4) is 0 Å². The van der Waals surface area contributed by atoms with Crippen LogP contribution in [0.1, 0.15) is 58.8 Å². The Bertz CT molecular complexity index is 205. The summed E-state index contributed by atoms with van der Waals surface area (Å²) >= 11 is 0. The fourth-order valence-electron chi connectivity index (χ4n) is 3.45. The van der Waals surface area contributed by atoms with Crippen molar-refractivity contribution >= 4 is 0 Å². The quantitative estimate of drug-likeness (QED) is 0.776. The Morgan fingerprint density at radius 1 is 1.31 bits per heavy atom. The van der Waals surface area contributed by atoms with Gasteiger partial charge in [-0.05, 0) is 38.6 Å². The van der Waals surface area contributed by atoms with Gasteiger partial charge in [0.1, 0.15) is 0 Å². The molecule has 0 spiro atoms. The van der Waals surface area contributed by atoms with Crippen LogP contribution >= 0.6 is 0 Å². The zero-order valence-corrected chi connectivity index (χ0v) is 10.9. The minimum Gasteiger partial charge on any atom is -0.374 e. The Kier molecular flexibility index (Phi) is 4.26. The average molecular weight is 225 g/mol. The molecule has 2 nitrogen and oxygen atoms in total. The van der Waals surface area contributed by atoms with E-state index < -0.39 is 0 Å². The molecule has 1 N–H and O–H groups in total. The van der Waals surface area contributed by atoms with Gasteiger partial charge in [0.2, 0.25) is 0 Å². The van der Waals surface area contributed by atoms with Crippen LogP contribution in [-0.2, 0) is 4.74 Å². The van der Waals surface area contributed by atoms with Gasteiger partial charge >= 0.3 is 0 Å². The Balaban J connectivity index is 1.92. The molecule has 0 bridgehead atoms. The largest absolute Gasteiger partial charge is 0.374 e. The highest BCUT2D eigenvalue weighted by Gasteiger charge is 2.39. The molecule has 1 saturated carbocycles. The molecule has 2 aliphatic rings. The second-order valence-corrected chi connectivity index (χ2v) is 5.76. The van der Waals surface area contributed by atoms with Crippen molar-refractivity contribution in [2.24, 2.45) is 5.92 Å². The van der Waals surface area contributed by atoms with Crippen LogP contribution in [-0.4, -0.2) is 24.8 Å². The van der Waals surface area contributed by atoms with Crippen LogP contribution in [0, 0.1) is 5.92 Å². The summed E-state index contributed by atoms with van der Waals surface area (Å²) in [6.07, 6.45) is 9.57. The fourth-order valence-corrected chi connectivity index (χ4v) is 3.45. The molecule has 1 saturated heterocycles. The van der Waals surface area contributed by atoms with Gasteiger partial charge in [0.15, 0.2) is 0 Å². The van der Waals surface area contributed by atoms with Gasteiger partial charge in [-0.3, -0.25) is 0 Å². The lowest BCUT2D eigenvalue weighted by Crippen LogP contribution is -2.49. The molecule has 2 rings (SSSR count). The maximum absolute atomic E-state index is 6.00. The van der Waals surface area contributed by atoms with Crippen molar-refractivity contribution in [3.05, 3.63) is 0 Å². The first-order valence-electron chi connectivity index (χ1n) is 7.12. The van der Waals surface area contributed by atoms with Crippen LogP contribution in [0.15, 0.2) is 0 Å². The van der Waals surface area contributed by atoms with Crippen LogP contribution in [0.25, 0.3) is 0 Å². The van der Waals surface area contributed by atoms with Crippen molar-refractivity contribution in [3.63, 3.8) is 0 Å². The zero-order chi connectivity index (χ0) is 11.4. The van der Waals surface area contributed by atoms with Crippen molar-refractivity contribution in [1.29, 1.82) is 0 Å². The molecule has 2 fully saturated rings. The van der Waals surface area contributed by atoms with Crippen molar-refractivity contribution < 1.29 is 4.74 Å². The molecule has 94 valence electrons. The monoisotopic (exact) mass is 225 g/mol. The lowest BCUT2D eigenvalue weighted by Gasteiger charge is -2.35. The topological polar surface area (TPSA) is 21.3 Å². The summed E-state index contributed by atoms with van der Waals surface area (Å²) < 4.78 is 6.00. The molecule has 2 heteroatoms. The molecule has 0 aromatic rings. The summed E-state index contributed by atoms with van der Waals surface area (Å²) in [7, 11) is 0. The fraction of sp³-hybridized carbons (Fsp3) is 1.00. The number of likely N-dealkylation sites (N-methyl/N-ethyl adjacent to an activating group) is 1. The SMILES string of the molecule is CCNC(CC1CCCC1)C1(C)CCCO1. The van der Waals surface area contributed by atoms with Crippen molar-refractivity contribution in [2.75, 3.05) is 13.2 Å². The van der Waals surface area contributed by atoms with E-state index in [4.69, 9.17) is 4.74 Å². The number of ether oxygens (including phenoxy) is 1. The molecule has 0 amide bonds. The molecule has 0 aromatic carbocycles. The number of rotatable bonds is 5. The predicted molar refractivity (Wildman–Crippen MR) is 67.6 cm³/mol. The minimum absolute atomic E-state index is 0.110. The third kappa shape index (κ3) is 2.78. The first-order chi connectivity index (χ1) is 7.74. The van der Waals surface area contributed by atoms with Crippen LogP contribution in [0.2, 0.25) is 0 Å². The van der Waals surface area contributed by atoms with Crippen molar-refractivity contribution in [1.82, 2.24) is 5.32 Å². The standard InChI is InChI=1S/C14H27NO/c1-3-15-13(11-12-7-4-5-8-12)14(2)9-6-10-16-14/h12-13,15H,3-11H2,1-2H3. The maximum Gasteiger partial charge on any atom is 0.0807 e. The van der Waals surface area contributed by atoms with Gasteiger partial charge < -0.3 is 10.1 Å². The van der Waals surface area contributed by atoms with E-state index in [1.807, 2.05) is 0 Å². The first kappa shape index (κ1) is 12.4. The van der Waals surface area contributed by atoms with E-state index in [2.05, 4.69) is 19.2 Å². The van der Waals surface area contributed by atoms with Gasteiger partial charge in [0.25, 0.3) is 0 Å². The van der Waals surface area contributed by atoms with E-state index in [0.717, 1.165) is 19.1 Å². The Labute approximate surface area is 100 Å². The molecular formula is C14H27NO. The molecule has 2 atom stereocenters. The van der Waals surface area contributed by atoms with Gasteiger partial charge in [0.05, 0.1) is 5.60 Å². The van der Waals surface area contributed by atoms with Crippen molar-refractivity contribution in [3.8, 4) is 0 Å². The highest BCUT2D eigenvalue weighted by Crippen LogP contribution is 2.35. The second-order valence-electron chi connectivity index (χ2n) is 5.76. The van der Waals surface area contributed by atoms with Gasteiger partial charge in [-0.15, -0.1) is 0 Å². The number of hydrogen-bond acceptors (Lipinski definition) is 2. The summed E-state index contributed by atoms with van der Waals surface area (Å²) in [5.41, 5.74) is 0.110. The molecule has 1 heterocycles. The van der Waals surface area contributed by atoms with Crippen LogP contribution < -0.4 is 5.32 Å². The molecule has 1 aliphatic carbocycles. The third-order valence-corrected chi connectivity index (χ3v) is 4.48. The maximum atomic E-state index is 6.00.